The monoisotopic (exact) mass is 293 g/mol. The van der Waals surface area contributed by atoms with E-state index in [1.54, 1.807) is 0 Å². The van der Waals surface area contributed by atoms with Crippen molar-refractivity contribution in [3.05, 3.63) is 65.7 Å². The molecule has 0 bridgehead atoms. The van der Waals surface area contributed by atoms with E-state index >= 15 is 0 Å². The third-order valence-corrected chi connectivity index (χ3v) is 5.56. The van der Waals surface area contributed by atoms with Crippen LogP contribution in [0.1, 0.15) is 17.5 Å². The number of fused-ring (bicyclic) bond motifs is 2. The highest BCUT2D eigenvalue weighted by molar-refractivity contribution is 7.99. The van der Waals surface area contributed by atoms with Crippen LogP contribution < -0.4 is 0 Å². The number of hydrogen-bond acceptors (Lipinski definition) is 2. The number of hydrogen-bond donors (Lipinski definition) is 0. The van der Waals surface area contributed by atoms with Crippen LogP contribution >= 0.6 is 11.8 Å². The molecule has 106 valence electrons. The molecule has 1 nitrogen and oxygen atoms in total. The third kappa shape index (κ3) is 2.43. The second-order valence-electron chi connectivity index (χ2n) is 5.99. The van der Waals surface area contributed by atoms with Gasteiger partial charge in [0, 0.05) is 16.3 Å². The first-order valence-corrected chi connectivity index (χ1v) is 8.40. The highest BCUT2D eigenvalue weighted by atomic mass is 32.2. The summed E-state index contributed by atoms with van der Waals surface area (Å²) in [4.78, 5) is 5.19. The minimum atomic E-state index is 0.675. The molecule has 0 aliphatic carbocycles. The summed E-state index contributed by atoms with van der Waals surface area (Å²) in [5.74, 6) is 0.675. The summed E-state index contributed by atoms with van der Waals surface area (Å²) in [5.41, 5.74) is 4.23. The first kappa shape index (κ1) is 13.2. The fraction of sp³-hybridized carbons (Fsp3) is 0.263. The van der Waals surface area contributed by atoms with Gasteiger partial charge in [-0.15, -0.1) is 0 Å². The van der Waals surface area contributed by atoms with Gasteiger partial charge < -0.3 is 4.90 Å². The number of rotatable bonds is 1. The molecule has 2 heterocycles. The summed E-state index contributed by atoms with van der Waals surface area (Å²) in [5, 5.41) is 0. The van der Waals surface area contributed by atoms with E-state index in [1.165, 1.54) is 46.0 Å². The molecule has 2 aromatic carbocycles. The van der Waals surface area contributed by atoms with Crippen molar-refractivity contribution in [1.29, 1.82) is 0 Å². The molecular weight excluding hydrogens is 274 g/mol. The van der Waals surface area contributed by atoms with Gasteiger partial charge in [0.05, 0.1) is 0 Å². The highest BCUT2D eigenvalue weighted by Gasteiger charge is 2.23. The standard InChI is InChI=1S/C19H19NS/c1-20-11-10-14(13-20)12-17-15-6-2-4-8-18(15)21-19-9-5-3-7-16(17)19/h2-9,12,14H,10-11,13H2,1H3/t14-/m1/s1. The first-order valence-electron chi connectivity index (χ1n) is 7.58. The van der Waals surface area contributed by atoms with Crippen molar-refractivity contribution < 1.29 is 0 Å². The lowest BCUT2D eigenvalue weighted by Gasteiger charge is -2.23. The summed E-state index contributed by atoms with van der Waals surface area (Å²) >= 11 is 1.89. The molecular formula is C19H19NS. The molecule has 0 aromatic heterocycles. The van der Waals surface area contributed by atoms with Crippen LogP contribution in [0.25, 0.3) is 5.57 Å². The van der Waals surface area contributed by atoms with Crippen LogP contribution in [0.3, 0.4) is 0 Å². The zero-order valence-corrected chi connectivity index (χ0v) is 13.1. The lowest BCUT2D eigenvalue weighted by atomic mass is 9.93. The molecule has 1 atom stereocenters. The van der Waals surface area contributed by atoms with E-state index in [4.69, 9.17) is 0 Å². The molecule has 0 unspecified atom stereocenters. The Hall–Kier alpha value is -1.51. The van der Waals surface area contributed by atoms with E-state index in [-0.39, 0.29) is 0 Å². The molecule has 1 saturated heterocycles. The molecule has 0 spiro atoms. The van der Waals surface area contributed by atoms with Crippen LogP contribution in [0.2, 0.25) is 0 Å². The Bertz CT molecular complexity index is 657. The molecule has 0 radical (unpaired) electrons. The normalized spacial score (nSPS) is 21.0. The predicted octanol–water partition coefficient (Wildman–Crippen LogP) is 4.53. The maximum absolute atomic E-state index is 2.51. The predicted molar refractivity (Wildman–Crippen MR) is 89.7 cm³/mol. The molecule has 0 N–H and O–H groups in total. The Labute approximate surface area is 130 Å². The first-order chi connectivity index (χ1) is 10.3. The molecule has 2 aromatic rings. The minimum Gasteiger partial charge on any atom is -0.306 e. The van der Waals surface area contributed by atoms with E-state index in [2.05, 4.69) is 66.6 Å². The summed E-state index contributed by atoms with van der Waals surface area (Å²) in [6.45, 7) is 2.40. The van der Waals surface area contributed by atoms with Gasteiger partial charge in [0.25, 0.3) is 0 Å². The lowest BCUT2D eigenvalue weighted by molar-refractivity contribution is 0.408. The summed E-state index contributed by atoms with van der Waals surface area (Å²) < 4.78 is 0. The van der Waals surface area contributed by atoms with Gasteiger partial charge in [-0.25, -0.2) is 0 Å². The van der Waals surface area contributed by atoms with Crippen LogP contribution in [0, 0.1) is 5.92 Å². The summed E-state index contributed by atoms with van der Waals surface area (Å²) in [7, 11) is 2.22. The van der Waals surface area contributed by atoms with Crippen molar-refractivity contribution in [3.8, 4) is 0 Å². The van der Waals surface area contributed by atoms with Crippen molar-refractivity contribution >= 4 is 17.3 Å². The van der Waals surface area contributed by atoms with Crippen molar-refractivity contribution in [2.24, 2.45) is 5.92 Å². The zero-order valence-electron chi connectivity index (χ0n) is 12.3. The Balaban J connectivity index is 1.83. The van der Waals surface area contributed by atoms with E-state index in [1.807, 2.05) is 11.8 Å². The van der Waals surface area contributed by atoms with Crippen LogP contribution in [0.5, 0.6) is 0 Å². The minimum absolute atomic E-state index is 0.675. The fourth-order valence-corrected chi connectivity index (χ4v) is 4.45. The molecule has 0 saturated carbocycles. The molecule has 4 rings (SSSR count). The second kappa shape index (κ2) is 5.36. The summed E-state index contributed by atoms with van der Waals surface area (Å²) in [6, 6.07) is 17.6. The molecule has 2 aliphatic heterocycles. The highest BCUT2D eigenvalue weighted by Crippen LogP contribution is 2.45. The van der Waals surface area contributed by atoms with Gasteiger partial charge in [0.15, 0.2) is 0 Å². The molecule has 2 heteroatoms. The number of benzene rings is 2. The van der Waals surface area contributed by atoms with E-state index in [9.17, 15) is 0 Å². The van der Waals surface area contributed by atoms with Gasteiger partial charge in [-0.1, -0.05) is 54.2 Å². The third-order valence-electron chi connectivity index (χ3n) is 4.40. The molecule has 21 heavy (non-hydrogen) atoms. The quantitative estimate of drug-likeness (QED) is 0.648. The second-order valence-corrected chi connectivity index (χ2v) is 7.07. The van der Waals surface area contributed by atoms with Crippen molar-refractivity contribution in [2.45, 2.75) is 16.2 Å². The average molecular weight is 293 g/mol. The van der Waals surface area contributed by atoms with Crippen LogP contribution in [0.4, 0.5) is 0 Å². The average Bonchev–Trinajstić information content (AvgIpc) is 2.92. The van der Waals surface area contributed by atoms with Crippen molar-refractivity contribution in [3.63, 3.8) is 0 Å². The maximum Gasteiger partial charge on any atom is 0.0201 e. The maximum atomic E-state index is 2.51. The van der Waals surface area contributed by atoms with E-state index in [0.29, 0.717) is 5.92 Å². The Morgan fingerprint density at radius 1 is 1.00 bits per heavy atom. The van der Waals surface area contributed by atoms with Gasteiger partial charge in [-0.3, -0.25) is 0 Å². The smallest absolute Gasteiger partial charge is 0.0201 e. The van der Waals surface area contributed by atoms with Crippen LogP contribution in [0.15, 0.2) is 64.4 Å². The van der Waals surface area contributed by atoms with Gasteiger partial charge in [-0.05, 0) is 54.8 Å². The topological polar surface area (TPSA) is 3.24 Å². The zero-order chi connectivity index (χ0) is 14.2. The summed E-state index contributed by atoms with van der Waals surface area (Å²) in [6.07, 6.45) is 3.79. The molecule has 0 amide bonds. The molecule has 2 aliphatic rings. The van der Waals surface area contributed by atoms with E-state index < -0.39 is 0 Å². The van der Waals surface area contributed by atoms with Crippen LogP contribution in [-0.4, -0.2) is 25.0 Å². The van der Waals surface area contributed by atoms with Gasteiger partial charge >= 0.3 is 0 Å². The largest absolute Gasteiger partial charge is 0.306 e. The lowest BCUT2D eigenvalue weighted by Crippen LogP contribution is -2.13. The Morgan fingerprint density at radius 3 is 2.19 bits per heavy atom. The van der Waals surface area contributed by atoms with Crippen molar-refractivity contribution in [2.75, 3.05) is 20.1 Å². The number of nitrogens with zero attached hydrogens (tertiary/aromatic N) is 1. The van der Waals surface area contributed by atoms with Gasteiger partial charge in [-0.2, -0.15) is 0 Å². The van der Waals surface area contributed by atoms with Crippen LogP contribution in [-0.2, 0) is 0 Å². The Morgan fingerprint density at radius 2 is 1.62 bits per heavy atom. The SMILES string of the molecule is CN1CC[C@H](C=C2c3ccccc3Sc3ccccc32)C1. The van der Waals surface area contributed by atoms with E-state index in [0.717, 1.165) is 0 Å². The van der Waals surface area contributed by atoms with Gasteiger partial charge in [0.2, 0.25) is 0 Å². The Kier molecular flexibility index (Phi) is 3.36. The number of likely N-dealkylation sites (tertiary alicyclic amines) is 1. The molecule has 1 fully saturated rings. The van der Waals surface area contributed by atoms with Crippen molar-refractivity contribution in [1.82, 2.24) is 4.90 Å². The van der Waals surface area contributed by atoms with Gasteiger partial charge in [0.1, 0.15) is 0 Å². The fourth-order valence-electron chi connectivity index (χ4n) is 3.34.